The maximum absolute atomic E-state index is 9.64. The van der Waals surface area contributed by atoms with Crippen molar-refractivity contribution >= 4 is 11.8 Å². The van der Waals surface area contributed by atoms with Gasteiger partial charge in [0.05, 0.1) is 6.07 Å². The van der Waals surface area contributed by atoms with Gasteiger partial charge in [0.1, 0.15) is 5.54 Å². The molecule has 108 valence electrons. The molecule has 1 N–H and O–H groups in total. The molecule has 0 bridgehead atoms. The molecular formula is C13H20N6S. The zero-order chi connectivity index (χ0) is 14.0. The Bertz CT molecular complexity index is 505. The van der Waals surface area contributed by atoms with Crippen LogP contribution in [-0.2, 0) is 7.05 Å². The average molecular weight is 292 g/mol. The fourth-order valence-electron chi connectivity index (χ4n) is 3.07. The van der Waals surface area contributed by atoms with Gasteiger partial charge in [-0.25, -0.2) is 4.68 Å². The zero-order valence-corrected chi connectivity index (χ0v) is 12.6. The van der Waals surface area contributed by atoms with E-state index in [0.717, 1.165) is 36.6 Å². The summed E-state index contributed by atoms with van der Waals surface area (Å²) in [5.41, 5.74) is -0.278. The third-order valence-corrected chi connectivity index (χ3v) is 5.38. The SMILES string of the molecule is Cn1nnnc1SCCC1CCCC1(C#N)NC1CC1. The van der Waals surface area contributed by atoms with E-state index >= 15 is 0 Å². The van der Waals surface area contributed by atoms with E-state index in [-0.39, 0.29) is 5.54 Å². The Balaban J connectivity index is 1.55. The van der Waals surface area contributed by atoms with Gasteiger partial charge in [0, 0.05) is 18.8 Å². The third-order valence-electron chi connectivity index (χ3n) is 4.34. The van der Waals surface area contributed by atoms with Crippen LogP contribution >= 0.6 is 11.8 Å². The summed E-state index contributed by atoms with van der Waals surface area (Å²) in [5.74, 6) is 1.43. The predicted molar refractivity (Wildman–Crippen MR) is 76.0 cm³/mol. The molecule has 6 nitrogen and oxygen atoms in total. The number of aryl methyl sites for hydroxylation is 1. The Morgan fingerprint density at radius 3 is 3.00 bits per heavy atom. The first-order valence-corrected chi connectivity index (χ1v) is 8.26. The number of thioether (sulfide) groups is 1. The van der Waals surface area contributed by atoms with E-state index in [1.54, 1.807) is 16.4 Å². The van der Waals surface area contributed by atoms with Gasteiger partial charge < -0.3 is 0 Å². The minimum Gasteiger partial charge on any atom is -0.296 e. The van der Waals surface area contributed by atoms with Crippen LogP contribution in [0.3, 0.4) is 0 Å². The van der Waals surface area contributed by atoms with Crippen molar-refractivity contribution in [2.75, 3.05) is 5.75 Å². The molecule has 2 fully saturated rings. The number of hydrogen-bond acceptors (Lipinski definition) is 6. The van der Waals surface area contributed by atoms with Gasteiger partial charge in [0.15, 0.2) is 0 Å². The lowest BCUT2D eigenvalue weighted by Crippen LogP contribution is -2.48. The predicted octanol–water partition coefficient (Wildman–Crippen LogP) is 1.51. The fraction of sp³-hybridized carbons (Fsp3) is 0.846. The molecule has 7 heteroatoms. The molecule has 20 heavy (non-hydrogen) atoms. The van der Waals surface area contributed by atoms with E-state index in [1.807, 2.05) is 7.05 Å². The summed E-state index contributed by atoms with van der Waals surface area (Å²) in [7, 11) is 1.85. The van der Waals surface area contributed by atoms with Crippen molar-refractivity contribution in [1.82, 2.24) is 25.5 Å². The van der Waals surface area contributed by atoms with Crippen molar-refractivity contribution < 1.29 is 0 Å². The van der Waals surface area contributed by atoms with Crippen molar-refractivity contribution in [3.8, 4) is 6.07 Å². The van der Waals surface area contributed by atoms with Gasteiger partial charge in [-0.15, -0.1) is 5.10 Å². The van der Waals surface area contributed by atoms with Crippen LogP contribution in [0.4, 0.5) is 0 Å². The average Bonchev–Trinajstić information content (AvgIpc) is 3.03. The summed E-state index contributed by atoms with van der Waals surface area (Å²) in [6.45, 7) is 0. The second kappa shape index (κ2) is 5.70. The van der Waals surface area contributed by atoms with Crippen molar-refractivity contribution in [1.29, 1.82) is 5.26 Å². The molecule has 0 amide bonds. The molecule has 0 saturated heterocycles. The Morgan fingerprint density at radius 2 is 2.35 bits per heavy atom. The molecule has 2 atom stereocenters. The first kappa shape index (κ1) is 13.8. The maximum Gasteiger partial charge on any atom is 0.209 e. The molecular weight excluding hydrogens is 272 g/mol. The molecule has 1 aromatic heterocycles. The highest BCUT2D eigenvalue weighted by Gasteiger charge is 2.45. The van der Waals surface area contributed by atoms with Gasteiger partial charge in [-0.3, -0.25) is 5.32 Å². The van der Waals surface area contributed by atoms with E-state index < -0.39 is 0 Å². The summed E-state index contributed by atoms with van der Waals surface area (Å²) in [6.07, 6.45) is 6.83. The van der Waals surface area contributed by atoms with Crippen LogP contribution < -0.4 is 5.32 Å². The van der Waals surface area contributed by atoms with Crippen LogP contribution in [-0.4, -0.2) is 37.5 Å². The first-order valence-electron chi connectivity index (χ1n) is 7.27. The molecule has 3 rings (SSSR count). The summed E-state index contributed by atoms with van der Waals surface area (Å²) in [5, 5.41) is 25.5. The number of nitrogens with zero attached hydrogens (tertiary/aromatic N) is 5. The number of aromatic nitrogens is 4. The quantitative estimate of drug-likeness (QED) is 0.801. The van der Waals surface area contributed by atoms with Gasteiger partial charge >= 0.3 is 0 Å². The van der Waals surface area contributed by atoms with Gasteiger partial charge in [-0.1, -0.05) is 18.2 Å². The van der Waals surface area contributed by atoms with Crippen LogP contribution in [0.25, 0.3) is 0 Å². The second-order valence-corrected chi connectivity index (χ2v) is 6.88. The van der Waals surface area contributed by atoms with E-state index in [9.17, 15) is 5.26 Å². The minimum atomic E-state index is -0.278. The van der Waals surface area contributed by atoms with E-state index in [4.69, 9.17) is 0 Å². The van der Waals surface area contributed by atoms with Crippen LogP contribution in [0.2, 0.25) is 0 Å². The maximum atomic E-state index is 9.64. The fourth-order valence-corrected chi connectivity index (χ4v) is 3.97. The molecule has 2 saturated carbocycles. The first-order chi connectivity index (χ1) is 9.73. The highest BCUT2D eigenvalue weighted by molar-refractivity contribution is 7.99. The molecule has 2 unspecified atom stereocenters. The lowest BCUT2D eigenvalue weighted by Gasteiger charge is -2.30. The topological polar surface area (TPSA) is 79.4 Å². The normalized spacial score (nSPS) is 29.5. The standard InChI is InChI=1S/C13H20N6S/c1-19-12(16-17-18-19)20-8-6-10-3-2-7-13(10,9-14)15-11-4-5-11/h10-11,15H,2-8H2,1H3. The summed E-state index contributed by atoms with van der Waals surface area (Å²) in [6, 6.07) is 3.18. The molecule has 1 heterocycles. The Labute approximate surface area is 123 Å². The van der Waals surface area contributed by atoms with Crippen molar-refractivity contribution in [3.63, 3.8) is 0 Å². The van der Waals surface area contributed by atoms with Crippen LogP contribution in [0.1, 0.15) is 38.5 Å². The lowest BCUT2D eigenvalue weighted by atomic mass is 9.86. The monoisotopic (exact) mass is 292 g/mol. The number of hydrogen-bond donors (Lipinski definition) is 1. The molecule has 2 aliphatic rings. The Morgan fingerprint density at radius 1 is 1.50 bits per heavy atom. The third kappa shape index (κ3) is 2.81. The van der Waals surface area contributed by atoms with Gasteiger partial charge in [-0.2, -0.15) is 5.26 Å². The summed E-state index contributed by atoms with van der Waals surface area (Å²) >= 11 is 1.68. The Kier molecular flexibility index (Phi) is 3.94. The molecule has 0 aromatic carbocycles. The summed E-state index contributed by atoms with van der Waals surface area (Å²) < 4.78 is 1.69. The van der Waals surface area contributed by atoms with Crippen LogP contribution in [0.15, 0.2) is 5.16 Å². The highest BCUT2D eigenvalue weighted by Crippen LogP contribution is 2.40. The van der Waals surface area contributed by atoms with Crippen molar-refractivity contribution in [2.45, 2.75) is 55.3 Å². The molecule has 0 radical (unpaired) electrons. The molecule has 0 spiro atoms. The molecule has 2 aliphatic carbocycles. The highest BCUT2D eigenvalue weighted by atomic mass is 32.2. The Hall–Kier alpha value is -1.13. The van der Waals surface area contributed by atoms with Crippen LogP contribution in [0.5, 0.6) is 0 Å². The van der Waals surface area contributed by atoms with E-state index in [0.29, 0.717) is 12.0 Å². The van der Waals surface area contributed by atoms with E-state index in [1.165, 1.54) is 12.8 Å². The lowest BCUT2D eigenvalue weighted by molar-refractivity contribution is 0.308. The smallest absolute Gasteiger partial charge is 0.209 e. The summed E-state index contributed by atoms with van der Waals surface area (Å²) in [4.78, 5) is 0. The molecule has 0 aliphatic heterocycles. The van der Waals surface area contributed by atoms with Gasteiger partial charge in [0.2, 0.25) is 5.16 Å². The van der Waals surface area contributed by atoms with Crippen LogP contribution in [0, 0.1) is 17.2 Å². The van der Waals surface area contributed by atoms with Gasteiger partial charge in [-0.05, 0) is 48.4 Å². The van der Waals surface area contributed by atoms with Crippen molar-refractivity contribution in [2.24, 2.45) is 13.0 Å². The van der Waals surface area contributed by atoms with Crippen molar-refractivity contribution in [3.05, 3.63) is 0 Å². The minimum absolute atomic E-state index is 0.278. The zero-order valence-electron chi connectivity index (χ0n) is 11.7. The number of nitriles is 1. The largest absolute Gasteiger partial charge is 0.296 e. The number of tetrazole rings is 1. The number of rotatable bonds is 6. The van der Waals surface area contributed by atoms with E-state index in [2.05, 4.69) is 26.9 Å². The van der Waals surface area contributed by atoms with Gasteiger partial charge in [0.25, 0.3) is 0 Å². The number of nitrogens with one attached hydrogen (secondary N) is 1. The molecule has 1 aromatic rings. The second-order valence-electron chi connectivity index (χ2n) is 5.81.